The number of ether oxygens (including phenoxy) is 2. The van der Waals surface area contributed by atoms with Crippen molar-refractivity contribution in [3.8, 4) is 0 Å². The molecular weight excluding hydrogens is 422 g/mol. The molecule has 30 heavy (non-hydrogen) atoms. The van der Waals surface area contributed by atoms with E-state index in [4.69, 9.17) is 33.3 Å². The van der Waals surface area contributed by atoms with Crippen LogP contribution in [0.25, 0.3) is 0 Å². The fourth-order valence-corrected chi connectivity index (χ4v) is 3.70. The van der Waals surface area contributed by atoms with Gasteiger partial charge in [-0.05, 0) is 62.0 Å². The van der Waals surface area contributed by atoms with Crippen molar-refractivity contribution in [1.29, 1.82) is 0 Å². The zero-order valence-electron chi connectivity index (χ0n) is 17.1. The van der Waals surface area contributed by atoms with Gasteiger partial charge in [0.1, 0.15) is 0 Å². The summed E-state index contributed by atoms with van der Waals surface area (Å²) in [4.78, 5) is 14.3. The van der Waals surface area contributed by atoms with Crippen LogP contribution in [0, 0.1) is 0 Å². The first kappa shape index (κ1) is 22.3. The molecule has 0 spiro atoms. The second kappa shape index (κ2) is 10.6. The minimum atomic E-state index is -0.459. The highest BCUT2D eigenvalue weighted by molar-refractivity contribution is 7.80. The number of anilines is 2. The Morgan fingerprint density at radius 3 is 2.60 bits per heavy atom. The molecule has 160 valence electrons. The van der Waals surface area contributed by atoms with E-state index in [1.807, 2.05) is 6.92 Å². The van der Waals surface area contributed by atoms with Crippen LogP contribution in [0.5, 0.6) is 0 Å². The van der Waals surface area contributed by atoms with Gasteiger partial charge < -0.3 is 25.0 Å². The van der Waals surface area contributed by atoms with E-state index >= 15 is 0 Å². The van der Waals surface area contributed by atoms with Crippen molar-refractivity contribution in [3.63, 3.8) is 0 Å². The summed E-state index contributed by atoms with van der Waals surface area (Å²) < 4.78 is 10.4. The van der Waals surface area contributed by atoms with Crippen LogP contribution in [0.3, 0.4) is 0 Å². The van der Waals surface area contributed by atoms with Crippen molar-refractivity contribution >= 4 is 46.3 Å². The van der Waals surface area contributed by atoms with Gasteiger partial charge in [-0.1, -0.05) is 23.7 Å². The number of rotatable bonds is 6. The molecule has 0 radical (unpaired) electrons. The Balaban J connectivity index is 1.59. The number of thiocarbonyl (C=S) groups is 1. The van der Waals surface area contributed by atoms with Crippen LogP contribution in [0.2, 0.25) is 5.02 Å². The van der Waals surface area contributed by atoms with Crippen LogP contribution in [-0.4, -0.2) is 44.0 Å². The summed E-state index contributed by atoms with van der Waals surface area (Å²) in [6, 6.07) is 13.5. The molecule has 0 aliphatic carbocycles. The van der Waals surface area contributed by atoms with E-state index in [0.717, 1.165) is 31.9 Å². The van der Waals surface area contributed by atoms with E-state index < -0.39 is 5.97 Å². The van der Waals surface area contributed by atoms with Gasteiger partial charge in [-0.3, -0.25) is 0 Å². The molecule has 1 fully saturated rings. The van der Waals surface area contributed by atoms with E-state index in [2.05, 4.69) is 39.8 Å². The summed E-state index contributed by atoms with van der Waals surface area (Å²) in [6.45, 7) is 7.44. The number of nitrogens with one attached hydrogen (secondary N) is 2. The molecule has 1 saturated heterocycles. The van der Waals surface area contributed by atoms with E-state index in [1.54, 1.807) is 25.1 Å². The Hall–Kier alpha value is -2.35. The Bertz CT molecular complexity index is 886. The monoisotopic (exact) mass is 447 g/mol. The SMILES string of the molecule is CCOC(=O)c1cc(NC(=S)N[C@@H](C)c2ccc(N3CCOCC3)cc2)ccc1Cl. The fraction of sp³-hybridized carbons (Fsp3) is 0.364. The Labute approximate surface area is 187 Å². The number of hydrogen-bond acceptors (Lipinski definition) is 5. The lowest BCUT2D eigenvalue weighted by molar-refractivity contribution is 0.0526. The van der Waals surface area contributed by atoms with Gasteiger partial charge in [-0.15, -0.1) is 0 Å². The van der Waals surface area contributed by atoms with Gasteiger partial charge in [0.15, 0.2) is 5.11 Å². The quantitative estimate of drug-likeness (QED) is 0.502. The van der Waals surface area contributed by atoms with E-state index in [1.165, 1.54) is 5.69 Å². The van der Waals surface area contributed by atoms with Gasteiger partial charge in [0.25, 0.3) is 0 Å². The second-order valence-corrected chi connectivity index (χ2v) is 7.74. The van der Waals surface area contributed by atoms with Crippen LogP contribution in [0.15, 0.2) is 42.5 Å². The molecule has 1 atom stereocenters. The van der Waals surface area contributed by atoms with Crippen LogP contribution < -0.4 is 15.5 Å². The summed E-state index contributed by atoms with van der Waals surface area (Å²) in [5, 5.41) is 7.17. The standard InChI is InChI=1S/C22H26ClN3O3S/c1-3-29-21(27)19-14-17(6-9-20(19)23)25-22(30)24-15(2)16-4-7-18(8-5-16)26-10-12-28-13-11-26/h4-9,14-15H,3,10-13H2,1-2H3,(H2,24,25,30)/t15-/m0/s1. The van der Waals surface area contributed by atoms with Crippen LogP contribution in [0.4, 0.5) is 11.4 Å². The highest BCUT2D eigenvalue weighted by Crippen LogP contribution is 2.23. The van der Waals surface area contributed by atoms with E-state index in [0.29, 0.717) is 21.4 Å². The molecule has 8 heteroatoms. The molecule has 3 rings (SSSR count). The number of halogens is 1. The lowest BCUT2D eigenvalue weighted by Crippen LogP contribution is -2.36. The Kier molecular flexibility index (Phi) is 7.90. The van der Waals surface area contributed by atoms with Crippen LogP contribution in [-0.2, 0) is 9.47 Å². The van der Waals surface area contributed by atoms with Gasteiger partial charge in [-0.25, -0.2) is 4.79 Å². The third-order valence-electron chi connectivity index (χ3n) is 4.84. The number of morpholine rings is 1. The summed E-state index contributed by atoms with van der Waals surface area (Å²) >= 11 is 11.5. The van der Waals surface area contributed by atoms with Crippen molar-refractivity contribution in [2.45, 2.75) is 19.9 Å². The fourth-order valence-electron chi connectivity index (χ4n) is 3.21. The maximum Gasteiger partial charge on any atom is 0.339 e. The molecule has 0 amide bonds. The van der Waals surface area contributed by atoms with E-state index in [-0.39, 0.29) is 12.6 Å². The maximum absolute atomic E-state index is 12.0. The summed E-state index contributed by atoms with van der Waals surface area (Å²) in [5.41, 5.74) is 3.29. The second-order valence-electron chi connectivity index (χ2n) is 6.93. The van der Waals surface area contributed by atoms with Crippen molar-refractivity contribution in [2.24, 2.45) is 0 Å². The molecule has 1 heterocycles. The van der Waals surface area contributed by atoms with Crippen molar-refractivity contribution in [2.75, 3.05) is 43.1 Å². The van der Waals surface area contributed by atoms with E-state index in [9.17, 15) is 4.79 Å². The number of benzene rings is 2. The van der Waals surface area contributed by atoms with Crippen LogP contribution in [0.1, 0.15) is 35.8 Å². The van der Waals surface area contributed by atoms with Gasteiger partial charge in [0.2, 0.25) is 0 Å². The summed E-state index contributed by atoms with van der Waals surface area (Å²) in [7, 11) is 0. The molecule has 1 aliphatic rings. The molecule has 0 bridgehead atoms. The number of nitrogens with zero attached hydrogens (tertiary/aromatic N) is 1. The molecule has 2 aromatic carbocycles. The first-order valence-corrected chi connectivity index (χ1v) is 10.7. The predicted molar refractivity (Wildman–Crippen MR) is 125 cm³/mol. The molecule has 2 N–H and O–H groups in total. The van der Waals surface area contributed by atoms with Gasteiger partial charge >= 0.3 is 5.97 Å². The topological polar surface area (TPSA) is 62.8 Å². The Morgan fingerprint density at radius 2 is 1.93 bits per heavy atom. The molecule has 0 aromatic heterocycles. The van der Waals surface area contributed by atoms with Crippen molar-refractivity contribution < 1.29 is 14.3 Å². The zero-order valence-corrected chi connectivity index (χ0v) is 18.7. The Morgan fingerprint density at radius 1 is 1.23 bits per heavy atom. The normalized spacial score (nSPS) is 14.7. The summed E-state index contributed by atoms with van der Waals surface area (Å²) in [6.07, 6.45) is 0. The third-order valence-corrected chi connectivity index (χ3v) is 5.39. The molecule has 6 nitrogen and oxygen atoms in total. The number of esters is 1. The largest absolute Gasteiger partial charge is 0.462 e. The average Bonchev–Trinajstić information content (AvgIpc) is 2.76. The third kappa shape index (κ3) is 5.84. The predicted octanol–water partition coefficient (Wildman–Crippen LogP) is 4.40. The molecule has 2 aromatic rings. The lowest BCUT2D eigenvalue weighted by Gasteiger charge is -2.29. The number of hydrogen-bond donors (Lipinski definition) is 2. The van der Waals surface area contributed by atoms with Gasteiger partial charge in [0, 0.05) is 24.5 Å². The van der Waals surface area contributed by atoms with Crippen molar-refractivity contribution in [1.82, 2.24) is 5.32 Å². The zero-order chi connectivity index (χ0) is 21.5. The van der Waals surface area contributed by atoms with Crippen molar-refractivity contribution in [3.05, 3.63) is 58.6 Å². The molecule has 0 saturated carbocycles. The highest BCUT2D eigenvalue weighted by Gasteiger charge is 2.14. The number of carbonyl (C=O) groups is 1. The maximum atomic E-state index is 12.0. The molecular formula is C22H26ClN3O3S. The first-order chi connectivity index (χ1) is 14.5. The highest BCUT2D eigenvalue weighted by atomic mass is 35.5. The minimum absolute atomic E-state index is 0.0144. The smallest absolute Gasteiger partial charge is 0.339 e. The molecule has 1 aliphatic heterocycles. The minimum Gasteiger partial charge on any atom is -0.462 e. The lowest BCUT2D eigenvalue weighted by atomic mass is 10.1. The van der Waals surface area contributed by atoms with Crippen LogP contribution >= 0.6 is 23.8 Å². The van der Waals surface area contributed by atoms with Gasteiger partial charge in [0.05, 0.1) is 36.4 Å². The number of carbonyl (C=O) groups excluding carboxylic acids is 1. The summed E-state index contributed by atoms with van der Waals surface area (Å²) in [5.74, 6) is -0.459. The first-order valence-electron chi connectivity index (χ1n) is 9.94. The average molecular weight is 448 g/mol. The van der Waals surface area contributed by atoms with Gasteiger partial charge in [-0.2, -0.15) is 0 Å². The molecule has 0 unspecified atom stereocenters.